The number of hydrogen-bond acceptors (Lipinski definition) is 3. The van der Waals surface area contributed by atoms with E-state index < -0.39 is 0 Å². The lowest BCUT2D eigenvalue weighted by Crippen LogP contribution is -2.37. The van der Waals surface area contributed by atoms with E-state index >= 15 is 0 Å². The number of benzene rings is 2. The van der Waals surface area contributed by atoms with Crippen molar-refractivity contribution in [3.63, 3.8) is 0 Å². The normalized spacial score (nSPS) is 16.8. The van der Waals surface area contributed by atoms with Crippen molar-refractivity contribution in [2.45, 2.75) is 25.7 Å². The van der Waals surface area contributed by atoms with Crippen LogP contribution in [0.2, 0.25) is 0 Å². The summed E-state index contributed by atoms with van der Waals surface area (Å²) in [7, 11) is 1.63. The Labute approximate surface area is 195 Å². The molecule has 3 heterocycles. The van der Waals surface area contributed by atoms with Gasteiger partial charge in [-0.3, -0.25) is 0 Å². The van der Waals surface area contributed by atoms with Crippen molar-refractivity contribution in [3.8, 4) is 5.75 Å². The Morgan fingerprint density at radius 2 is 1.91 bits per heavy atom. The van der Waals surface area contributed by atoms with Crippen LogP contribution < -0.4 is 10.1 Å². The molecular weight excluding hydrogens is 412 g/mol. The molecule has 2 aromatic carbocycles. The Bertz CT molecular complexity index is 1140. The molecule has 2 N–H and O–H groups in total. The fourth-order valence-corrected chi connectivity index (χ4v) is 4.86. The highest BCUT2D eigenvalue weighted by atomic mass is 16.5. The molecule has 1 saturated heterocycles. The third-order valence-corrected chi connectivity index (χ3v) is 6.87. The number of likely N-dealkylation sites (tertiary alicyclic amines) is 1. The second kappa shape index (κ2) is 9.71. The number of rotatable bonds is 6. The summed E-state index contributed by atoms with van der Waals surface area (Å²) in [5.41, 5.74) is 5.95. The van der Waals surface area contributed by atoms with Crippen molar-refractivity contribution in [2.75, 3.05) is 45.2 Å². The van der Waals surface area contributed by atoms with E-state index in [0.717, 1.165) is 30.8 Å². The largest absolute Gasteiger partial charge is 0.497 e. The average Bonchev–Trinajstić information content (AvgIpc) is 3.53. The van der Waals surface area contributed by atoms with Gasteiger partial charge in [-0.1, -0.05) is 12.1 Å². The molecule has 0 saturated carbocycles. The van der Waals surface area contributed by atoms with Crippen LogP contribution in [0.1, 0.15) is 30.4 Å². The zero-order valence-corrected chi connectivity index (χ0v) is 19.3. The van der Waals surface area contributed by atoms with E-state index in [4.69, 9.17) is 4.74 Å². The molecule has 2 aliphatic rings. The molecule has 3 aromatic rings. The van der Waals surface area contributed by atoms with E-state index in [-0.39, 0.29) is 6.03 Å². The van der Waals surface area contributed by atoms with Crippen LogP contribution in [-0.4, -0.2) is 60.6 Å². The molecule has 6 nitrogen and oxygen atoms in total. The Balaban J connectivity index is 1.23. The number of amides is 2. The highest BCUT2D eigenvalue weighted by Crippen LogP contribution is 2.28. The number of hydrogen-bond donors (Lipinski definition) is 2. The number of nitrogens with zero attached hydrogens (tertiary/aromatic N) is 2. The summed E-state index contributed by atoms with van der Waals surface area (Å²) in [6.45, 7) is 4.94. The van der Waals surface area contributed by atoms with E-state index in [1.54, 1.807) is 7.11 Å². The summed E-state index contributed by atoms with van der Waals surface area (Å²) >= 11 is 0. The molecule has 2 aliphatic heterocycles. The van der Waals surface area contributed by atoms with Crippen LogP contribution in [0, 0.1) is 0 Å². The van der Waals surface area contributed by atoms with Gasteiger partial charge in [-0.25, -0.2) is 4.79 Å². The molecule has 1 aromatic heterocycles. The van der Waals surface area contributed by atoms with E-state index in [0.29, 0.717) is 13.1 Å². The summed E-state index contributed by atoms with van der Waals surface area (Å²) in [6, 6.07) is 14.0. The van der Waals surface area contributed by atoms with Crippen LogP contribution in [0.15, 0.2) is 54.7 Å². The first-order valence-electron chi connectivity index (χ1n) is 11.9. The first-order valence-corrected chi connectivity index (χ1v) is 11.9. The summed E-state index contributed by atoms with van der Waals surface area (Å²) in [5, 5.41) is 4.30. The highest BCUT2D eigenvalue weighted by Gasteiger charge is 2.19. The number of carbonyl (C=O) groups is 1. The fraction of sp³-hybridized carbons (Fsp3) is 0.370. The maximum atomic E-state index is 12.7. The summed E-state index contributed by atoms with van der Waals surface area (Å²) < 4.78 is 5.17. The zero-order valence-electron chi connectivity index (χ0n) is 19.3. The molecule has 0 spiro atoms. The van der Waals surface area contributed by atoms with Crippen LogP contribution in [0.25, 0.3) is 16.5 Å². The van der Waals surface area contributed by atoms with Gasteiger partial charge in [-0.05, 0) is 91.9 Å². The van der Waals surface area contributed by atoms with Gasteiger partial charge in [0.2, 0.25) is 0 Å². The smallest absolute Gasteiger partial charge is 0.322 e. The van der Waals surface area contributed by atoms with Gasteiger partial charge in [0.1, 0.15) is 5.75 Å². The number of nitrogens with one attached hydrogen (secondary N) is 2. The molecule has 0 aliphatic carbocycles. The van der Waals surface area contributed by atoms with Gasteiger partial charge < -0.3 is 24.8 Å². The predicted octanol–water partition coefficient (Wildman–Crippen LogP) is 5.14. The third kappa shape index (κ3) is 4.91. The summed E-state index contributed by atoms with van der Waals surface area (Å²) in [6.07, 6.45) is 8.97. The lowest BCUT2D eigenvalue weighted by Gasteiger charge is -2.27. The van der Waals surface area contributed by atoms with Crippen molar-refractivity contribution in [3.05, 3.63) is 65.9 Å². The van der Waals surface area contributed by atoms with Gasteiger partial charge in [0.25, 0.3) is 0 Å². The SMILES string of the molecule is COc1ccc(NC(=O)N2CC=C(c3ccc4[nH]cc(CCN5CCCC5)c4c3)CC2)cc1. The fourth-order valence-electron chi connectivity index (χ4n) is 4.86. The number of urea groups is 1. The minimum atomic E-state index is -0.0687. The van der Waals surface area contributed by atoms with E-state index in [1.807, 2.05) is 29.2 Å². The predicted molar refractivity (Wildman–Crippen MR) is 134 cm³/mol. The molecule has 5 rings (SSSR count). The molecule has 0 radical (unpaired) electrons. The third-order valence-electron chi connectivity index (χ3n) is 6.87. The number of aromatic amines is 1. The summed E-state index contributed by atoms with van der Waals surface area (Å²) in [4.78, 5) is 20.5. The number of fused-ring (bicyclic) bond motifs is 1. The second-order valence-electron chi connectivity index (χ2n) is 8.96. The number of methoxy groups -OCH3 is 1. The van der Waals surface area contributed by atoms with Crippen LogP contribution in [0.4, 0.5) is 10.5 Å². The molecule has 33 heavy (non-hydrogen) atoms. The average molecular weight is 445 g/mol. The van der Waals surface area contributed by atoms with Crippen molar-refractivity contribution in [1.82, 2.24) is 14.8 Å². The minimum absolute atomic E-state index is 0.0687. The number of H-pyrrole nitrogens is 1. The molecular formula is C27H32N4O2. The number of aromatic nitrogens is 1. The Morgan fingerprint density at radius 1 is 1.09 bits per heavy atom. The molecule has 0 bridgehead atoms. The van der Waals surface area contributed by atoms with E-state index in [2.05, 4.69) is 45.7 Å². The molecule has 0 atom stereocenters. The zero-order chi connectivity index (χ0) is 22.6. The van der Waals surface area contributed by atoms with Gasteiger partial charge in [-0.2, -0.15) is 0 Å². The van der Waals surface area contributed by atoms with E-state index in [9.17, 15) is 4.79 Å². The first-order chi connectivity index (χ1) is 16.2. The Hall–Kier alpha value is -3.25. The number of carbonyl (C=O) groups excluding carboxylic acids is 1. The van der Waals surface area contributed by atoms with Crippen LogP contribution in [0.5, 0.6) is 5.75 Å². The van der Waals surface area contributed by atoms with Crippen molar-refractivity contribution in [1.29, 1.82) is 0 Å². The van der Waals surface area contributed by atoms with Gasteiger partial charge in [0, 0.05) is 42.4 Å². The van der Waals surface area contributed by atoms with Crippen molar-refractivity contribution < 1.29 is 9.53 Å². The number of ether oxygens (including phenoxy) is 1. The topological polar surface area (TPSA) is 60.6 Å². The van der Waals surface area contributed by atoms with Gasteiger partial charge >= 0.3 is 6.03 Å². The lowest BCUT2D eigenvalue weighted by atomic mass is 9.97. The highest BCUT2D eigenvalue weighted by molar-refractivity contribution is 5.91. The van der Waals surface area contributed by atoms with E-state index in [1.165, 1.54) is 53.5 Å². The Morgan fingerprint density at radius 3 is 2.64 bits per heavy atom. The Kier molecular flexibility index (Phi) is 6.35. The second-order valence-corrected chi connectivity index (χ2v) is 8.96. The maximum absolute atomic E-state index is 12.7. The van der Waals surface area contributed by atoms with Crippen molar-refractivity contribution >= 4 is 28.2 Å². The summed E-state index contributed by atoms with van der Waals surface area (Å²) in [5.74, 6) is 0.775. The molecule has 1 fully saturated rings. The van der Waals surface area contributed by atoms with Gasteiger partial charge in [-0.15, -0.1) is 0 Å². The van der Waals surface area contributed by atoms with Gasteiger partial charge in [0.15, 0.2) is 0 Å². The molecule has 2 amide bonds. The minimum Gasteiger partial charge on any atom is -0.497 e. The first kappa shape index (κ1) is 21.6. The lowest BCUT2D eigenvalue weighted by molar-refractivity contribution is 0.217. The molecule has 6 heteroatoms. The molecule has 0 unspecified atom stereocenters. The van der Waals surface area contributed by atoms with Crippen molar-refractivity contribution in [2.24, 2.45) is 0 Å². The van der Waals surface area contributed by atoms with Gasteiger partial charge in [0.05, 0.1) is 7.11 Å². The molecule has 172 valence electrons. The standard InChI is InChI=1S/C27H32N4O2/c1-33-24-7-5-23(6-8-24)29-27(32)31-16-11-20(12-17-31)21-4-9-26-25(18-21)22(19-28-26)10-15-30-13-2-3-14-30/h4-9,11,18-19,28H,2-3,10,12-17H2,1H3,(H,29,32). The van der Waals surface area contributed by atoms with Crippen LogP contribution >= 0.6 is 0 Å². The number of anilines is 1. The van der Waals surface area contributed by atoms with Crippen LogP contribution in [-0.2, 0) is 6.42 Å². The van der Waals surface area contributed by atoms with Crippen LogP contribution in [0.3, 0.4) is 0 Å². The maximum Gasteiger partial charge on any atom is 0.322 e. The monoisotopic (exact) mass is 444 g/mol. The quantitative estimate of drug-likeness (QED) is 0.554.